The summed E-state index contributed by atoms with van der Waals surface area (Å²) < 4.78 is 3.51. The number of hydrogen-bond acceptors (Lipinski definition) is 4. The van der Waals surface area contributed by atoms with E-state index in [0.717, 1.165) is 7.11 Å². The molecule has 0 fully saturated rings. The fourth-order valence-electron chi connectivity index (χ4n) is 0.136. The van der Waals surface area contributed by atoms with Crippen LogP contribution in [0.2, 0.25) is 0 Å². The molecule has 40 valence electrons. The van der Waals surface area contributed by atoms with Crippen LogP contribution in [0.1, 0.15) is 0 Å². The third-order valence-electron chi connectivity index (χ3n) is 0.283. The molecule has 0 amide bonds. The van der Waals surface area contributed by atoms with Crippen LogP contribution in [0.5, 0.6) is 0 Å². The summed E-state index contributed by atoms with van der Waals surface area (Å²) in [5.41, 5.74) is 0. The molecule has 0 saturated heterocycles. The highest BCUT2D eigenvalue weighted by Gasteiger charge is 1.61. The largest absolute Gasteiger partial charge is 0.400 e. The zero-order chi connectivity index (χ0) is 5.54. The van der Waals surface area contributed by atoms with Crippen LogP contribution in [0.25, 0.3) is 0 Å². The molecule has 0 atom stereocenters. The molecular formula is C3H6N2OS. The molecule has 1 N–H and O–H groups in total. The predicted octanol–water partition coefficient (Wildman–Crippen LogP) is 0.147. The number of rotatable bonds is 0. The van der Waals surface area contributed by atoms with Gasteiger partial charge >= 0.3 is 0 Å². The van der Waals surface area contributed by atoms with Crippen molar-refractivity contribution >= 4 is 11.5 Å². The summed E-state index contributed by atoms with van der Waals surface area (Å²) in [6.07, 6.45) is 1.66. The molecule has 1 aromatic rings. The molecule has 0 aliphatic rings. The summed E-state index contributed by atoms with van der Waals surface area (Å²) in [6.45, 7) is 0. The molecule has 0 aliphatic heterocycles. The molecule has 0 aromatic carbocycles. The molecule has 0 unspecified atom stereocenters. The normalized spacial score (nSPS) is 6.57. The lowest BCUT2D eigenvalue weighted by atomic mass is 11.1. The summed E-state index contributed by atoms with van der Waals surface area (Å²) in [7, 11) is 1.00. The van der Waals surface area contributed by atoms with Crippen LogP contribution in [-0.4, -0.2) is 21.8 Å². The molecular weight excluding hydrogens is 112 g/mol. The second-order valence-corrected chi connectivity index (χ2v) is 1.23. The van der Waals surface area contributed by atoms with Gasteiger partial charge < -0.3 is 5.11 Å². The van der Waals surface area contributed by atoms with Gasteiger partial charge in [0.25, 0.3) is 0 Å². The van der Waals surface area contributed by atoms with Crippen LogP contribution < -0.4 is 0 Å². The first-order valence-corrected chi connectivity index (χ1v) is 2.49. The van der Waals surface area contributed by atoms with E-state index in [2.05, 4.69) is 9.59 Å². The van der Waals surface area contributed by atoms with Crippen molar-refractivity contribution in [3.63, 3.8) is 0 Å². The van der Waals surface area contributed by atoms with E-state index >= 15 is 0 Å². The zero-order valence-corrected chi connectivity index (χ0v) is 4.72. The van der Waals surface area contributed by atoms with E-state index in [1.807, 2.05) is 5.38 Å². The van der Waals surface area contributed by atoms with Gasteiger partial charge in [-0.05, 0) is 11.5 Å². The first-order valence-electron chi connectivity index (χ1n) is 1.66. The molecule has 0 saturated carbocycles. The van der Waals surface area contributed by atoms with Gasteiger partial charge in [0, 0.05) is 12.5 Å². The SMILES string of the molecule is CO.c1csnn1. The summed E-state index contributed by atoms with van der Waals surface area (Å²) in [6, 6.07) is 0. The van der Waals surface area contributed by atoms with Crippen molar-refractivity contribution in [2.75, 3.05) is 7.11 Å². The third kappa shape index (κ3) is 3.35. The Bertz CT molecular complexity index is 69.4. The van der Waals surface area contributed by atoms with E-state index in [-0.39, 0.29) is 0 Å². The Kier molecular flexibility index (Phi) is 5.14. The summed E-state index contributed by atoms with van der Waals surface area (Å²) in [4.78, 5) is 0. The van der Waals surface area contributed by atoms with E-state index in [4.69, 9.17) is 5.11 Å². The topological polar surface area (TPSA) is 46.0 Å². The van der Waals surface area contributed by atoms with E-state index < -0.39 is 0 Å². The van der Waals surface area contributed by atoms with E-state index in [1.165, 1.54) is 11.5 Å². The maximum atomic E-state index is 7.00. The maximum Gasteiger partial charge on any atom is 0.0620 e. The van der Waals surface area contributed by atoms with Gasteiger partial charge in [0.15, 0.2) is 0 Å². The molecule has 3 nitrogen and oxygen atoms in total. The fraction of sp³-hybridized carbons (Fsp3) is 0.333. The Balaban J connectivity index is 0.000000162. The third-order valence-corrected chi connectivity index (χ3v) is 0.715. The molecule has 0 spiro atoms. The zero-order valence-electron chi connectivity index (χ0n) is 3.90. The highest BCUT2D eigenvalue weighted by molar-refractivity contribution is 7.03. The first-order chi connectivity index (χ1) is 3.50. The van der Waals surface area contributed by atoms with Crippen LogP contribution in [0, 0.1) is 0 Å². The van der Waals surface area contributed by atoms with Crippen LogP contribution in [0.15, 0.2) is 11.6 Å². The highest BCUT2D eigenvalue weighted by atomic mass is 32.1. The minimum atomic E-state index is 1.00. The van der Waals surface area contributed by atoms with Crippen molar-refractivity contribution in [2.24, 2.45) is 0 Å². The average Bonchev–Trinajstić information content (AvgIpc) is 2.23. The minimum absolute atomic E-state index is 1.00. The smallest absolute Gasteiger partial charge is 0.0620 e. The summed E-state index contributed by atoms with van der Waals surface area (Å²) in [5, 5.41) is 12.3. The predicted molar refractivity (Wildman–Crippen MR) is 28.1 cm³/mol. The maximum absolute atomic E-state index is 7.00. The summed E-state index contributed by atoms with van der Waals surface area (Å²) in [5.74, 6) is 0. The fourth-order valence-corrected chi connectivity index (χ4v) is 0.408. The van der Waals surface area contributed by atoms with Gasteiger partial charge in [-0.1, -0.05) is 4.49 Å². The van der Waals surface area contributed by atoms with Crippen LogP contribution in [0.3, 0.4) is 0 Å². The number of aromatic nitrogens is 2. The quantitative estimate of drug-likeness (QED) is 0.527. The Morgan fingerprint density at radius 2 is 2.29 bits per heavy atom. The summed E-state index contributed by atoms with van der Waals surface area (Å²) >= 11 is 1.35. The lowest BCUT2D eigenvalue weighted by Gasteiger charge is -1.40. The second kappa shape index (κ2) is 5.52. The standard InChI is InChI=1S/C2H2N2S.CH4O/c1-2-5-4-3-1;1-2/h1-2H;2H,1H3. The van der Waals surface area contributed by atoms with Gasteiger partial charge in [0.05, 0.1) is 6.20 Å². The van der Waals surface area contributed by atoms with Gasteiger partial charge in [-0.2, -0.15) is 0 Å². The number of aliphatic hydroxyl groups excluding tert-OH is 1. The molecule has 1 rings (SSSR count). The Morgan fingerprint density at radius 3 is 2.43 bits per heavy atom. The monoisotopic (exact) mass is 118 g/mol. The lowest BCUT2D eigenvalue weighted by Crippen LogP contribution is -1.51. The Hall–Kier alpha value is -0.480. The van der Waals surface area contributed by atoms with Crippen LogP contribution in [0.4, 0.5) is 0 Å². The van der Waals surface area contributed by atoms with Gasteiger partial charge in [-0.15, -0.1) is 5.10 Å². The van der Waals surface area contributed by atoms with Crippen molar-refractivity contribution in [2.45, 2.75) is 0 Å². The van der Waals surface area contributed by atoms with Gasteiger partial charge in [-0.25, -0.2) is 0 Å². The van der Waals surface area contributed by atoms with Crippen molar-refractivity contribution < 1.29 is 5.11 Å². The number of aliphatic hydroxyl groups is 1. The first kappa shape index (κ1) is 6.52. The van der Waals surface area contributed by atoms with E-state index in [0.29, 0.717) is 0 Å². The van der Waals surface area contributed by atoms with Crippen molar-refractivity contribution in [3.05, 3.63) is 11.6 Å². The second-order valence-electron chi connectivity index (χ2n) is 0.588. The molecule has 0 aliphatic carbocycles. The molecule has 1 aromatic heterocycles. The Labute approximate surface area is 45.8 Å². The molecule has 4 heteroatoms. The molecule has 7 heavy (non-hydrogen) atoms. The van der Waals surface area contributed by atoms with Gasteiger partial charge in [-0.3, -0.25) is 0 Å². The number of hydrogen-bond donors (Lipinski definition) is 1. The van der Waals surface area contributed by atoms with Crippen molar-refractivity contribution in [1.29, 1.82) is 0 Å². The molecule has 1 heterocycles. The van der Waals surface area contributed by atoms with Crippen LogP contribution in [-0.2, 0) is 0 Å². The van der Waals surface area contributed by atoms with Gasteiger partial charge in [0.2, 0.25) is 0 Å². The van der Waals surface area contributed by atoms with Crippen molar-refractivity contribution in [1.82, 2.24) is 9.59 Å². The molecule has 0 bridgehead atoms. The highest BCUT2D eigenvalue weighted by Crippen LogP contribution is 1.78. The van der Waals surface area contributed by atoms with E-state index in [9.17, 15) is 0 Å². The number of nitrogens with zero attached hydrogens (tertiary/aromatic N) is 2. The lowest BCUT2D eigenvalue weighted by molar-refractivity contribution is 0.399. The molecule has 0 radical (unpaired) electrons. The van der Waals surface area contributed by atoms with Crippen molar-refractivity contribution in [3.8, 4) is 0 Å². The average molecular weight is 118 g/mol. The minimum Gasteiger partial charge on any atom is -0.400 e. The van der Waals surface area contributed by atoms with Gasteiger partial charge in [0.1, 0.15) is 0 Å². The Morgan fingerprint density at radius 1 is 1.57 bits per heavy atom. The van der Waals surface area contributed by atoms with E-state index in [1.54, 1.807) is 6.20 Å². The van der Waals surface area contributed by atoms with Crippen LogP contribution >= 0.6 is 11.5 Å².